The second kappa shape index (κ2) is 6.56. The maximum Gasteiger partial charge on any atom is 0.262 e. The predicted octanol–water partition coefficient (Wildman–Crippen LogP) is 2.63. The molecule has 7 heteroatoms. The van der Waals surface area contributed by atoms with Crippen LogP contribution in [0.3, 0.4) is 0 Å². The standard InChI is InChI=1S/C19H13N5O2/c25-17(13-9-5-2-6-10-13)24-19-20-11-14-16(23-19)21-15(22-18(14)26)12-7-3-1-4-8-12/h1-11H,(H2,20,21,22,23,24,25,26). The SMILES string of the molecule is O=C(Nc1ncc2c(=O)[nH]c(-c3ccccc3)nc2n1)c1ccccc1. The molecule has 4 aromatic rings. The van der Waals surface area contributed by atoms with E-state index in [4.69, 9.17) is 0 Å². The second-order valence-electron chi connectivity index (χ2n) is 5.53. The molecule has 0 unspecified atom stereocenters. The number of carbonyl (C=O) groups excluding carboxylic acids is 1. The van der Waals surface area contributed by atoms with Crippen LogP contribution in [0, 0.1) is 0 Å². The Balaban J connectivity index is 1.72. The first kappa shape index (κ1) is 15.6. The molecule has 4 rings (SSSR count). The molecular weight excluding hydrogens is 330 g/mol. The molecule has 0 aliphatic rings. The lowest BCUT2D eigenvalue weighted by Crippen LogP contribution is -2.16. The molecule has 2 heterocycles. The van der Waals surface area contributed by atoms with Crippen LogP contribution in [-0.2, 0) is 0 Å². The number of hydrogen-bond donors (Lipinski definition) is 2. The van der Waals surface area contributed by atoms with E-state index in [1.54, 1.807) is 24.3 Å². The Hall–Kier alpha value is -3.87. The first-order valence-electron chi connectivity index (χ1n) is 7.89. The van der Waals surface area contributed by atoms with E-state index in [1.807, 2.05) is 36.4 Å². The largest absolute Gasteiger partial charge is 0.306 e. The van der Waals surface area contributed by atoms with Crippen molar-refractivity contribution >= 4 is 22.9 Å². The number of fused-ring (bicyclic) bond motifs is 1. The normalized spacial score (nSPS) is 10.6. The zero-order valence-corrected chi connectivity index (χ0v) is 13.5. The number of hydrogen-bond acceptors (Lipinski definition) is 5. The minimum Gasteiger partial charge on any atom is -0.306 e. The summed E-state index contributed by atoms with van der Waals surface area (Å²) in [7, 11) is 0. The van der Waals surface area contributed by atoms with E-state index < -0.39 is 0 Å². The van der Waals surface area contributed by atoms with Crippen LogP contribution in [0.1, 0.15) is 10.4 Å². The average Bonchev–Trinajstić information content (AvgIpc) is 2.69. The zero-order valence-electron chi connectivity index (χ0n) is 13.5. The smallest absolute Gasteiger partial charge is 0.262 e. The Morgan fingerprint density at radius 1 is 0.923 bits per heavy atom. The fourth-order valence-electron chi connectivity index (χ4n) is 2.48. The van der Waals surface area contributed by atoms with Crippen molar-refractivity contribution in [2.45, 2.75) is 0 Å². The van der Waals surface area contributed by atoms with Crippen molar-refractivity contribution in [1.82, 2.24) is 19.9 Å². The molecule has 0 bridgehead atoms. The number of carbonyl (C=O) groups is 1. The van der Waals surface area contributed by atoms with E-state index in [2.05, 4.69) is 25.3 Å². The molecule has 0 aliphatic carbocycles. The Bertz CT molecular complexity index is 1140. The molecule has 2 aromatic heterocycles. The van der Waals surface area contributed by atoms with Crippen molar-refractivity contribution in [3.63, 3.8) is 0 Å². The van der Waals surface area contributed by atoms with E-state index in [9.17, 15) is 9.59 Å². The molecule has 0 aliphatic heterocycles. The highest BCUT2D eigenvalue weighted by Crippen LogP contribution is 2.15. The molecule has 0 saturated carbocycles. The summed E-state index contributed by atoms with van der Waals surface area (Å²) in [5, 5.41) is 2.87. The predicted molar refractivity (Wildman–Crippen MR) is 97.8 cm³/mol. The number of benzene rings is 2. The van der Waals surface area contributed by atoms with Gasteiger partial charge in [-0.1, -0.05) is 48.5 Å². The quantitative estimate of drug-likeness (QED) is 0.595. The van der Waals surface area contributed by atoms with Crippen LogP contribution < -0.4 is 10.9 Å². The molecule has 0 spiro atoms. The lowest BCUT2D eigenvalue weighted by atomic mass is 10.2. The van der Waals surface area contributed by atoms with E-state index in [0.717, 1.165) is 5.56 Å². The lowest BCUT2D eigenvalue weighted by molar-refractivity contribution is 0.102. The molecule has 0 radical (unpaired) electrons. The Labute approximate surface area is 147 Å². The first-order chi connectivity index (χ1) is 12.7. The minimum absolute atomic E-state index is 0.0865. The Morgan fingerprint density at radius 3 is 2.35 bits per heavy atom. The van der Waals surface area contributed by atoms with Gasteiger partial charge < -0.3 is 4.98 Å². The van der Waals surface area contributed by atoms with Gasteiger partial charge in [0.15, 0.2) is 5.65 Å². The van der Waals surface area contributed by atoms with Gasteiger partial charge in [0.05, 0.1) is 0 Å². The molecule has 26 heavy (non-hydrogen) atoms. The van der Waals surface area contributed by atoms with Crippen LogP contribution in [-0.4, -0.2) is 25.8 Å². The van der Waals surface area contributed by atoms with Crippen LogP contribution >= 0.6 is 0 Å². The molecular formula is C19H13N5O2. The van der Waals surface area contributed by atoms with Gasteiger partial charge in [0.25, 0.3) is 11.5 Å². The number of nitrogens with one attached hydrogen (secondary N) is 2. The van der Waals surface area contributed by atoms with Gasteiger partial charge in [-0.3, -0.25) is 14.9 Å². The molecule has 1 amide bonds. The molecule has 7 nitrogen and oxygen atoms in total. The Morgan fingerprint density at radius 2 is 1.62 bits per heavy atom. The lowest BCUT2D eigenvalue weighted by Gasteiger charge is -2.05. The van der Waals surface area contributed by atoms with Crippen molar-refractivity contribution in [3.05, 3.63) is 82.8 Å². The van der Waals surface area contributed by atoms with Gasteiger partial charge in [0, 0.05) is 17.3 Å². The summed E-state index contributed by atoms with van der Waals surface area (Å²) in [6, 6.07) is 18.0. The number of anilines is 1. The summed E-state index contributed by atoms with van der Waals surface area (Å²) in [5.74, 6) is 0.156. The van der Waals surface area contributed by atoms with Crippen LogP contribution in [0.5, 0.6) is 0 Å². The first-order valence-corrected chi connectivity index (χ1v) is 7.89. The number of nitrogens with zero attached hydrogens (tertiary/aromatic N) is 3. The number of H-pyrrole nitrogens is 1. The highest BCUT2D eigenvalue weighted by atomic mass is 16.1. The van der Waals surface area contributed by atoms with Gasteiger partial charge in [-0.15, -0.1) is 0 Å². The summed E-state index contributed by atoms with van der Waals surface area (Å²) >= 11 is 0. The van der Waals surface area contributed by atoms with Gasteiger partial charge in [0.2, 0.25) is 5.95 Å². The number of amides is 1. The number of rotatable bonds is 3. The summed E-state index contributed by atoms with van der Waals surface area (Å²) in [5.41, 5.74) is 1.13. The minimum atomic E-state index is -0.338. The number of aromatic amines is 1. The van der Waals surface area contributed by atoms with Crippen molar-refractivity contribution in [2.24, 2.45) is 0 Å². The molecule has 2 aromatic carbocycles. The fraction of sp³-hybridized carbons (Fsp3) is 0. The van der Waals surface area contributed by atoms with Crippen molar-refractivity contribution in [3.8, 4) is 11.4 Å². The maximum absolute atomic E-state index is 12.3. The van der Waals surface area contributed by atoms with Gasteiger partial charge in [-0.05, 0) is 12.1 Å². The van der Waals surface area contributed by atoms with E-state index in [1.165, 1.54) is 6.20 Å². The third-order valence-corrected chi connectivity index (χ3v) is 3.77. The summed E-state index contributed by atoms with van der Waals surface area (Å²) in [4.78, 5) is 39.8. The molecule has 0 atom stereocenters. The van der Waals surface area contributed by atoms with E-state index >= 15 is 0 Å². The van der Waals surface area contributed by atoms with E-state index in [-0.39, 0.29) is 28.4 Å². The van der Waals surface area contributed by atoms with Crippen LogP contribution in [0.25, 0.3) is 22.4 Å². The van der Waals surface area contributed by atoms with Crippen molar-refractivity contribution < 1.29 is 4.79 Å². The van der Waals surface area contributed by atoms with Crippen LogP contribution in [0.2, 0.25) is 0 Å². The maximum atomic E-state index is 12.3. The fourth-order valence-corrected chi connectivity index (χ4v) is 2.48. The van der Waals surface area contributed by atoms with Gasteiger partial charge in [-0.2, -0.15) is 4.98 Å². The summed E-state index contributed by atoms with van der Waals surface area (Å²) in [6.07, 6.45) is 1.35. The number of aromatic nitrogens is 4. The average molecular weight is 343 g/mol. The highest BCUT2D eigenvalue weighted by molar-refractivity contribution is 6.03. The highest BCUT2D eigenvalue weighted by Gasteiger charge is 2.11. The third-order valence-electron chi connectivity index (χ3n) is 3.77. The van der Waals surface area contributed by atoms with Gasteiger partial charge in [-0.25, -0.2) is 9.97 Å². The second-order valence-corrected chi connectivity index (χ2v) is 5.53. The topological polar surface area (TPSA) is 101 Å². The van der Waals surface area contributed by atoms with Crippen molar-refractivity contribution in [1.29, 1.82) is 0 Å². The van der Waals surface area contributed by atoms with E-state index in [0.29, 0.717) is 11.4 Å². The monoisotopic (exact) mass is 343 g/mol. The summed E-state index contributed by atoms with van der Waals surface area (Å²) < 4.78 is 0. The van der Waals surface area contributed by atoms with Crippen molar-refractivity contribution in [2.75, 3.05) is 5.32 Å². The zero-order chi connectivity index (χ0) is 17.9. The van der Waals surface area contributed by atoms with Crippen LogP contribution in [0.15, 0.2) is 71.7 Å². The summed E-state index contributed by atoms with van der Waals surface area (Å²) in [6.45, 7) is 0. The van der Waals surface area contributed by atoms with Gasteiger partial charge >= 0.3 is 0 Å². The Kier molecular flexibility index (Phi) is 3.95. The molecule has 2 N–H and O–H groups in total. The third kappa shape index (κ3) is 3.05. The molecule has 0 saturated heterocycles. The molecule has 0 fully saturated rings. The molecule has 126 valence electrons. The van der Waals surface area contributed by atoms with Crippen LogP contribution in [0.4, 0.5) is 5.95 Å². The van der Waals surface area contributed by atoms with Gasteiger partial charge in [0.1, 0.15) is 11.2 Å².